The molecule has 158 valence electrons. The third-order valence-electron chi connectivity index (χ3n) is 6.85. The molecule has 9 heteroatoms. The summed E-state index contributed by atoms with van der Waals surface area (Å²) < 4.78 is 1.98. The van der Waals surface area contributed by atoms with Gasteiger partial charge in [0.1, 0.15) is 11.5 Å². The number of anilines is 1. The van der Waals surface area contributed by atoms with Gasteiger partial charge in [-0.1, -0.05) is 0 Å². The number of aromatic amines is 1. The lowest BCUT2D eigenvalue weighted by molar-refractivity contribution is -0.128. The van der Waals surface area contributed by atoms with Crippen LogP contribution in [0.1, 0.15) is 25.6 Å². The number of nitrogens with one attached hydrogen (secondary N) is 2. The third-order valence-corrected chi connectivity index (χ3v) is 6.85. The summed E-state index contributed by atoms with van der Waals surface area (Å²) in [6.07, 6.45) is 8.02. The molecule has 0 aromatic carbocycles. The van der Waals surface area contributed by atoms with Crippen LogP contribution in [0.5, 0.6) is 0 Å². The zero-order valence-corrected chi connectivity index (χ0v) is 17.5. The highest BCUT2D eigenvalue weighted by Gasteiger charge is 2.41. The van der Waals surface area contributed by atoms with Crippen molar-refractivity contribution in [3.8, 4) is 11.1 Å². The van der Waals surface area contributed by atoms with Gasteiger partial charge in [-0.3, -0.25) is 9.20 Å². The van der Waals surface area contributed by atoms with Crippen LogP contribution in [0, 0.1) is 18.8 Å². The van der Waals surface area contributed by atoms with Gasteiger partial charge in [0.25, 0.3) is 0 Å². The fraction of sp³-hybridized carbons (Fsp3) is 0.409. The molecular formula is C22H24N8O. The quantitative estimate of drug-likeness (QED) is 0.532. The van der Waals surface area contributed by atoms with Gasteiger partial charge < -0.3 is 15.2 Å². The highest BCUT2D eigenvalue weighted by Crippen LogP contribution is 2.39. The average Bonchev–Trinajstić information content (AvgIpc) is 3.50. The van der Waals surface area contributed by atoms with Crippen molar-refractivity contribution >= 4 is 28.5 Å². The van der Waals surface area contributed by atoms with E-state index in [0.717, 1.165) is 59.6 Å². The molecule has 1 amide bonds. The smallest absolute Gasteiger partial charge is 0.224 e. The number of rotatable bonds is 3. The molecule has 0 bridgehead atoms. The highest BCUT2D eigenvalue weighted by atomic mass is 16.2. The summed E-state index contributed by atoms with van der Waals surface area (Å²) in [7, 11) is 0. The van der Waals surface area contributed by atoms with Crippen LogP contribution in [0.2, 0.25) is 0 Å². The average molecular weight is 416 g/mol. The fourth-order valence-corrected chi connectivity index (χ4v) is 5.24. The van der Waals surface area contributed by atoms with E-state index in [1.807, 2.05) is 46.9 Å². The number of pyridine rings is 1. The van der Waals surface area contributed by atoms with Gasteiger partial charge in [0, 0.05) is 61.2 Å². The predicted octanol–water partition coefficient (Wildman–Crippen LogP) is 2.64. The van der Waals surface area contributed by atoms with Crippen LogP contribution in [0.15, 0.2) is 30.7 Å². The second-order valence-electron chi connectivity index (χ2n) is 8.81. The monoisotopic (exact) mass is 416 g/mol. The first-order valence-electron chi connectivity index (χ1n) is 10.7. The van der Waals surface area contributed by atoms with Crippen molar-refractivity contribution in [3.05, 3.63) is 36.5 Å². The highest BCUT2D eigenvalue weighted by molar-refractivity contribution is 5.93. The first-order valence-corrected chi connectivity index (χ1v) is 10.7. The van der Waals surface area contributed by atoms with Crippen molar-refractivity contribution in [2.24, 2.45) is 11.8 Å². The van der Waals surface area contributed by atoms with Gasteiger partial charge in [0.15, 0.2) is 5.65 Å². The Balaban J connectivity index is 1.22. The fourth-order valence-electron chi connectivity index (χ4n) is 5.24. The lowest BCUT2D eigenvalue weighted by Gasteiger charge is -2.18. The zero-order valence-electron chi connectivity index (χ0n) is 17.5. The number of likely N-dealkylation sites (tertiary alicyclic amines) is 1. The topological polar surface area (TPSA) is 104 Å². The van der Waals surface area contributed by atoms with E-state index in [0.29, 0.717) is 23.8 Å². The molecule has 0 unspecified atom stereocenters. The lowest BCUT2D eigenvalue weighted by Crippen LogP contribution is -2.29. The molecule has 1 aliphatic carbocycles. The summed E-state index contributed by atoms with van der Waals surface area (Å²) in [5.74, 6) is 2.86. The molecule has 1 aliphatic heterocycles. The number of hydrogen-bond acceptors (Lipinski definition) is 6. The van der Waals surface area contributed by atoms with Gasteiger partial charge in [-0.05, 0) is 43.7 Å². The minimum Gasteiger partial charge on any atom is -0.351 e. The van der Waals surface area contributed by atoms with E-state index in [9.17, 15) is 4.79 Å². The van der Waals surface area contributed by atoms with Crippen LogP contribution in [0.4, 0.5) is 5.95 Å². The summed E-state index contributed by atoms with van der Waals surface area (Å²) in [5.41, 5.74) is 3.76. The molecule has 31 heavy (non-hydrogen) atoms. The molecule has 6 rings (SSSR count). The van der Waals surface area contributed by atoms with Crippen molar-refractivity contribution in [1.82, 2.24) is 34.4 Å². The van der Waals surface area contributed by atoms with Gasteiger partial charge in [0.05, 0.1) is 0 Å². The van der Waals surface area contributed by atoms with E-state index in [1.54, 1.807) is 6.92 Å². The van der Waals surface area contributed by atoms with Crippen molar-refractivity contribution in [2.45, 2.75) is 32.7 Å². The Labute approximate surface area is 178 Å². The van der Waals surface area contributed by atoms with Crippen LogP contribution in [-0.2, 0) is 4.79 Å². The second-order valence-corrected chi connectivity index (χ2v) is 8.81. The third kappa shape index (κ3) is 3.03. The van der Waals surface area contributed by atoms with Gasteiger partial charge in [-0.15, -0.1) is 10.2 Å². The number of aryl methyl sites for hydroxylation is 1. The molecule has 1 saturated carbocycles. The van der Waals surface area contributed by atoms with Crippen LogP contribution >= 0.6 is 0 Å². The number of H-pyrrole nitrogens is 1. The first-order chi connectivity index (χ1) is 15.0. The number of nitrogens with zero attached hydrogens (tertiary/aromatic N) is 6. The molecule has 4 aromatic heterocycles. The maximum absolute atomic E-state index is 11.6. The molecule has 3 atom stereocenters. The number of hydrogen-bond donors (Lipinski definition) is 2. The Bertz CT molecular complexity index is 1290. The van der Waals surface area contributed by atoms with E-state index < -0.39 is 0 Å². The van der Waals surface area contributed by atoms with E-state index in [1.165, 1.54) is 0 Å². The normalized spacial score (nSPS) is 23.0. The zero-order chi connectivity index (χ0) is 21.1. The Kier molecular flexibility index (Phi) is 3.99. The van der Waals surface area contributed by atoms with Crippen molar-refractivity contribution in [1.29, 1.82) is 0 Å². The molecule has 2 aliphatic rings. The second kappa shape index (κ2) is 6.76. The van der Waals surface area contributed by atoms with Crippen LogP contribution in [0.3, 0.4) is 0 Å². The van der Waals surface area contributed by atoms with Gasteiger partial charge in [-0.2, -0.15) is 4.98 Å². The standard InChI is InChI=1S/C22H24N8O/c1-12-27-28-20-4-3-14(11-30(12)20)18-7-23-21-19(18)8-24-22(26-21)25-17-5-15-9-29(13(2)31)10-16(15)6-17/h3-4,7-8,11,15-17H,5-6,9-10H2,1-2H3,(H2,23,24,25,26)/t15-,16+,17+. The largest absolute Gasteiger partial charge is 0.351 e. The predicted molar refractivity (Wildman–Crippen MR) is 116 cm³/mol. The first kappa shape index (κ1) is 18.3. The van der Waals surface area contributed by atoms with Crippen LogP contribution in [0.25, 0.3) is 27.8 Å². The summed E-state index contributed by atoms with van der Waals surface area (Å²) >= 11 is 0. The Morgan fingerprint density at radius 3 is 2.77 bits per heavy atom. The summed E-state index contributed by atoms with van der Waals surface area (Å²) in [6, 6.07) is 4.37. The lowest BCUT2D eigenvalue weighted by atomic mass is 10.0. The molecule has 5 heterocycles. The molecule has 0 radical (unpaired) electrons. The summed E-state index contributed by atoms with van der Waals surface area (Å²) in [4.78, 5) is 26.2. The number of carbonyl (C=O) groups is 1. The molecule has 2 fully saturated rings. The molecular weight excluding hydrogens is 392 g/mol. The molecule has 2 N–H and O–H groups in total. The number of amides is 1. The summed E-state index contributed by atoms with van der Waals surface area (Å²) in [6.45, 7) is 5.37. The number of aromatic nitrogens is 6. The van der Waals surface area contributed by atoms with Gasteiger partial charge in [0.2, 0.25) is 11.9 Å². The maximum atomic E-state index is 11.6. The van der Waals surface area contributed by atoms with E-state index >= 15 is 0 Å². The van der Waals surface area contributed by atoms with E-state index in [4.69, 9.17) is 4.98 Å². The minimum atomic E-state index is 0.189. The number of fused-ring (bicyclic) bond motifs is 3. The van der Waals surface area contributed by atoms with Crippen LogP contribution in [-0.4, -0.2) is 59.5 Å². The van der Waals surface area contributed by atoms with Crippen molar-refractivity contribution in [2.75, 3.05) is 18.4 Å². The number of carbonyl (C=O) groups excluding carboxylic acids is 1. The van der Waals surface area contributed by atoms with Crippen LogP contribution < -0.4 is 5.32 Å². The summed E-state index contributed by atoms with van der Waals surface area (Å²) in [5, 5.41) is 12.8. The Morgan fingerprint density at radius 2 is 2.00 bits per heavy atom. The van der Waals surface area contributed by atoms with Gasteiger partial charge >= 0.3 is 0 Å². The van der Waals surface area contributed by atoms with E-state index in [-0.39, 0.29) is 5.91 Å². The molecule has 4 aromatic rings. The van der Waals surface area contributed by atoms with E-state index in [2.05, 4.69) is 25.5 Å². The van der Waals surface area contributed by atoms with Gasteiger partial charge in [-0.25, -0.2) is 4.98 Å². The molecule has 9 nitrogen and oxygen atoms in total. The van der Waals surface area contributed by atoms with Crippen molar-refractivity contribution in [3.63, 3.8) is 0 Å². The maximum Gasteiger partial charge on any atom is 0.224 e. The van der Waals surface area contributed by atoms with Crippen molar-refractivity contribution < 1.29 is 4.79 Å². The minimum absolute atomic E-state index is 0.189. The molecule has 0 spiro atoms. The SMILES string of the molecule is CC(=O)N1C[C@H]2C[C@H](Nc3ncc4c(-c5ccc6nnc(C)n6c5)c[nH]c4n3)C[C@H]2C1. The molecule has 1 saturated heterocycles. The Hall–Kier alpha value is -3.49. The Morgan fingerprint density at radius 1 is 1.19 bits per heavy atom.